The molecule has 0 atom stereocenters. The van der Waals surface area contributed by atoms with Crippen LogP contribution in [-0.2, 0) is 6.61 Å². The van der Waals surface area contributed by atoms with E-state index in [4.69, 9.17) is 9.84 Å². The second-order valence-electron chi connectivity index (χ2n) is 6.69. The number of allylic oxidation sites excluding steroid dienone is 1. The van der Waals surface area contributed by atoms with E-state index in [-0.39, 0.29) is 0 Å². The van der Waals surface area contributed by atoms with Crippen molar-refractivity contribution in [3.63, 3.8) is 0 Å². The summed E-state index contributed by atoms with van der Waals surface area (Å²) < 4.78 is 9.33. The van der Waals surface area contributed by atoms with E-state index in [0.717, 1.165) is 23.3 Å². The summed E-state index contributed by atoms with van der Waals surface area (Å²) in [6.07, 6.45) is 3.07. The quantitative estimate of drug-likeness (QED) is 0.525. The highest BCUT2D eigenvalue weighted by atomic mass is 79.9. The third-order valence-corrected chi connectivity index (χ3v) is 5.62. The largest absolute Gasteiger partial charge is 0.488 e. The molecule has 1 aliphatic rings. The summed E-state index contributed by atoms with van der Waals surface area (Å²) in [5.74, 6) is 0.934. The average molecular weight is 397 g/mol. The lowest BCUT2D eigenvalue weighted by atomic mass is 9.92. The molecule has 0 unspecified atom stereocenters. The number of fused-ring (bicyclic) bond motifs is 3. The van der Waals surface area contributed by atoms with Gasteiger partial charge in [-0.05, 0) is 49.6 Å². The topological polar surface area (TPSA) is 27.1 Å². The van der Waals surface area contributed by atoms with Crippen LogP contribution >= 0.6 is 15.9 Å². The van der Waals surface area contributed by atoms with E-state index in [1.165, 1.54) is 26.6 Å². The smallest absolute Gasteiger partial charge is 0.127 e. The molecule has 4 rings (SSSR count). The van der Waals surface area contributed by atoms with Crippen molar-refractivity contribution in [1.29, 1.82) is 0 Å². The maximum Gasteiger partial charge on any atom is 0.127 e. The Hall–Kier alpha value is -2.07. The molecule has 25 heavy (non-hydrogen) atoms. The van der Waals surface area contributed by atoms with Gasteiger partial charge in [-0.25, -0.2) is 0 Å². The summed E-state index contributed by atoms with van der Waals surface area (Å²) in [5, 5.41) is 5.89. The first kappa shape index (κ1) is 16.4. The maximum atomic E-state index is 6.11. The monoisotopic (exact) mass is 396 g/mol. The van der Waals surface area contributed by atoms with Gasteiger partial charge in [0.2, 0.25) is 0 Å². The van der Waals surface area contributed by atoms with Crippen molar-refractivity contribution in [3.8, 4) is 5.75 Å². The number of halogens is 1. The standard InChI is InChI=1S/C21H21BrN2O/c1-4-18(22)21-16-7-5-6-8-20(16)25-12-15-10-19-14(9-17(15)21)11-24(23-19)13(2)3/h5-11,13H,4,12H2,1-3H3. The molecule has 4 heteroatoms. The van der Waals surface area contributed by atoms with Gasteiger partial charge < -0.3 is 4.74 Å². The summed E-state index contributed by atoms with van der Waals surface area (Å²) in [5.41, 5.74) is 5.80. The molecule has 0 amide bonds. The van der Waals surface area contributed by atoms with Gasteiger partial charge in [0.15, 0.2) is 0 Å². The van der Waals surface area contributed by atoms with Gasteiger partial charge in [-0.3, -0.25) is 4.68 Å². The number of para-hydroxylation sites is 1. The predicted molar refractivity (Wildman–Crippen MR) is 106 cm³/mol. The number of benzene rings is 2. The Bertz CT molecular complexity index is 985. The van der Waals surface area contributed by atoms with Crippen LogP contribution < -0.4 is 4.74 Å². The van der Waals surface area contributed by atoms with Crippen molar-refractivity contribution in [2.45, 2.75) is 39.8 Å². The van der Waals surface area contributed by atoms with E-state index in [1.807, 2.05) is 16.8 Å². The molecular weight excluding hydrogens is 376 g/mol. The van der Waals surface area contributed by atoms with Crippen LogP contribution in [0.3, 0.4) is 0 Å². The molecular formula is C21H21BrN2O. The highest BCUT2D eigenvalue weighted by molar-refractivity contribution is 9.11. The van der Waals surface area contributed by atoms with E-state index in [1.54, 1.807) is 0 Å². The molecule has 128 valence electrons. The van der Waals surface area contributed by atoms with Crippen LogP contribution in [0.15, 0.2) is 47.1 Å². The molecule has 0 aliphatic carbocycles. The Kier molecular flexibility index (Phi) is 4.16. The third-order valence-electron chi connectivity index (χ3n) is 4.67. The van der Waals surface area contributed by atoms with Gasteiger partial charge >= 0.3 is 0 Å². The second-order valence-corrected chi connectivity index (χ2v) is 7.65. The molecule has 0 saturated carbocycles. The van der Waals surface area contributed by atoms with Crippen molar-refractivity contribution >= 4 is 32.4 Å². The first-order valence-electron chi connectivity index (χ1n) is 8.71. The van der Waals surface area contributed by atoms with Gasteiger partial charge in [0, 0.05) is 33.2 Å². The molecule has 2 aromatic carbocycles. The van der Waals surface area contributed by atoms with Gasteiger partial charge in [0.05, 0.1) is 5.52 Å². The summed E-state index contributed by atoms with van der Waals surface area (Å²) in [4.78, 5) is 0. The van der Waals surface area contributed by atoms with Crippen molar-refractivity contribution in [2.24, 2.45) is 0 Å². The average Bonchev–Trinajstić information content (AvgIpc) is 2.96. The van der Waals surface area contributed by atoms with Gasteiger partial charge in [0.1, 0.15) is 12.4 Å². The van der Waals surface area contributed by atoms with E-state index < -0.39 is 0 Å². The summed E-state index contributed by atoms with van der Waals surface area (Å²) >= 11 is 3.81. The second kappa shape index (κ2) is 6.34. The van der Waals surface area contributed by atoms with Crippen LogP contribution in [0.5, 0.6) is 5.75 Å². The Labute approximate surface area is 156 Å². The molecule has 0 fully saturated rings. The molecule has 0 saturated heterocycles. The highest BCUT2D eigenvalue weighted by Gasteiger charge is 2.22. The first-order chi connectivity index (χ1) is 12.1. The lowest BCUT2D eigenvalue weighted by Crippen LogP contribution is -2.00. The fourth-order valence-corrected chi connectivity index (χ4v) is 3.75. The summed E-state index contributed by atoms with van der Waals surface area (Å²) in [7, 11) is 0. The normalized spacial score (nSPS) is 15.6. The van der Waals surface area contributed by atoms with E-state index in [9.17, 15) is 0 Å². The van der Waals surface area contributed by atoms with Crippen molar-refractivity contribution in [2.75, 3.05) is 0 Å². The lowest BCUT2D eigenvalue weighted by Gasteiger charge is -2.13. The Balaban J connectivity index is 2.00. The predicted octanol–water partition coefficient (Wildman–Crippen LogP) is 6.07. The van der Waals surface area contributed by atoms with Crippen molar-refractivity contribution < 1.29 is 4.74 Å². The maximum absolute atomic E-state index is 6.11. The number of rotatable bonds is 2. The van der Waals surface area contributed by atoms with Crippen LogP contribution in [0.1, 0.15) is 49.9 Å². The van der Waals surface area contributed by atoms with E-state index in [0.29, 0.717) is 12.6 Å². The summed E-state index contributed by atoms with van der Waals surface area (Å²) in [6.45, 7) is 7.02. The fourth-order valence-electron chi connectivity index (χ4n) is 3.32. The molecule has 2 heterocycles. The molecule has 3 aromatic rings. The zero-order valence-electron chi connectivity index (χ0n) is 14.7. The lowest BCUT2D eigenvalue weighted by molar-refractivity contribution is 0.307. The molecule has 0 spiro atoms. The molecule has 1 aliphatic heterocycles. The van der Waals surface area contributed by atoms with E-state index >= 15 is 0 Å². The summed E-state index contributed by atoms with van der Waals surface area (Å²) in [6, 6.07) is 13.1. The van der Waals surface area contributed by atoms with Crippen molar-refractivity contribution in [3.05, 3.63) is 63.8 Å². The Morgan fingerprint density at radius 3 is 2.80 bits per heavy atom. The fraction of sp³-hybridized carbons (Fsp3) is 0.286. The minimum absolute atomic E-state index is 0.349. The molecule has 3 nitrogen and oxygen atoms in total. The number of ether oxygens (including phenoxy) is 1. The Morgan fingerprint density at radius 2 is 2.04 bits per heavy atom. The number of hydrogen-bond donors (Lipinski definition) is 0. The van der Waals surface area contributed by atoms with Gasteiger partial charge in [-0.1, -0.05) is 41.1 Å². The zero-order chi connectivity index (χ0) is 17.6. The van der Waals surface area contributed by atoms with Gasteiger partial charge in [0.25, 0.3) is 0 Å². The van der Waals surface area contributed by atoms with Crippen molar-refractivity contribution in [1.82, 2.24) is 9.78 Å². The minimum Gasteiger partial charge on any atom is -0.488 e. The van der Waals surface area contributed by atoms with Crippen LogP contribution in [0.4, 0.5) is 0 Å². The highest BCUT2D eigenvalue weighted by Crippen LogP contribution is 2.41. The third kappa shape index (κ3) is 2.78. The molecule has 1 aromatic heterocycles. The van der Waals surface area contributed by atoms with Gasteiger partial charge in [-0.15, -0.1) is 0 Å². The molecule has 0 N–H and O–H groups in total. The number of aromatic nitrogens is 2. The van der Waals surface area contributed by atoms with Crippen LogP contribution in [0.2, 0.25) is 0 Å². The minimum atomic E-state index is 0.349. The number of hydrogen-bond acceptors (Lipinski definition) is 2. The van der Waals surface area contributed by atoms with Crippen LogP contribution in [0.25, 0.3) is 16.5 Å². The number of nitrogens with zero attached hydrogens (tertiary/aromatic N) is 2. The molecule has 0 bridgehead atoms. The van der Waals surface area contributed by atoms with E-state index in [2.05, 4.69) is 67.2 Å². The van der Waals surface area contributed by atoms with Crippen LogP contribution in [0, 0.1) is 0 Å². The first-order valence-corrected chi connectivity index (χ1v) is 9.50. The van der Waals surface area contributed by atoms with Crippen LogP contribution in [-0.4, -0.2) is 9.78 Å². The zero-order valence-corrected chi connectivity index (χ0v) is 16.3. The molecule has 0 radical (unpaired) electrons. The Morgan fingerprint density at radius 1 is 1.24 bits per heavy atom. The van der Waals surface area contributed by atoms with Gasteiger partial charge in [-0.2, -0.15) is 5.10 Å². The SMILES string of the molecule is CCC(Br)=C1c2cc3cn(C(C)C)nc3cc2COc2ccccc21.